The number of benzene rings is 1. The molecule has 1 aromatic heterocycles. The number of carbonyl (C=O) groups excluding carboxylic acids is 2. The van der Waals surface area contributed by atoms with Crippen LogP contribution in [0.5, 0.6) is 0 Å². The van der Waals surface area contributed by atoms with E-state index in [-0.39, 0.29) is 29.1 Å². The number of urea groups is 1. The van der Waals surface area contributed by atoms with Crippen molar-refractivity contribution in [2.24, 2.45) is 5.92 Å². The zero-order valence-electron chi connectivity index (χ0n) is 16.1. The van der Waals surface area contributed by atoms with Gasteiger partial charge < -0.3 is 20.1 Å². The van der Waals surface area contributed by atoms with Crippen LogP contribution in [-0.4, -0.2) is 40.5 Å². The smallest absolute Gasteiger partial charge is 0.318 e. The Morgan fingerprint density at radius 1 is 1.10 bits per heavy atom. The van der Waals surface area contributed by atoms with Crippen molar-refractivity contribution in [3.63, 3.8) is 0 Å². The Morgan fingerprint density at radius 2 is 1.90 bits per heavy atom. The molecule has 4 rings (SSSR count). The predicted molar refractivity (Wildman–Crippen MR) is 106 cm³/mol. The van der Waals surface area contributed by atoms with Gasteiger partial charge in [0.2, 0.25) is 5.91 Å². The summed E-state index contributed by atoms with van der Waals surface area (Å²) in [7, 11) is 0. The summed E-state index contributed by atoms with van der Waals surface area (Å²) in [6.07, 6.45) is 0.941. The molecule has 1 saturated heterocycles. The number of para-hydroxylation sites is 1. The van der Waals surface area contributed by atoms with Gasteiger partial charge in [-0.2, -0.15) is 0 Å². The summed E-state index contributed by atoms with van der Waals surface area (Å²) in [5.41, 5.74) is 1.03. The fraction of sp³-hybridized carbons (Fsp3) is 0.381. The van der Waals surface area contributed by atoms with Crippen molar-refractivity contribution in [1.29, 1.82) is 0 Å². The summed E-state index contributed by atoms with van der Waals surface area (Å²) in [6, 6.07) is 9.98. The molecule has 3 amide bonds. The van der Waals surface area contributed by atoms with Crippen LogP contribution in [0.1, 0.15) is 25.0 Å². The molecule has 1 aromatic carbocycles. The third kappa shape index (κ3) is 3.87. The number of aromatic nitrogens is 1. The predicted octanol–water partition coefficient (Wildman–Crippen LogP) is 2.14. The number of piperidine rings is 1. The van der Waals surface area contributed by atoms with E-state index in [4.69, 9.17) is 0 Å². The highest BCUT2D eigenvalue weighted by molar-refractivity contribution is 5.96. The SMILES string of the molecule is C[C@H](NC(=O)N1C[C@@H]2C[C@H](C1)c1cccc(=O)n1C2)C(=O)Nc1ccccc1F. The van der Waals surface area contributed by atoms with Crippen LogP contribution in [0, 0.1) is 11.7 Å². The monoisotopic (exact) mass is 398 g/mol. The molecule has 2 N–H and O–H groups in total. The van der Waals surface area contributed by atoms with E-state index in [0.29, 0.717) is 19.6 Å². The van der Waals surface area contributed by atoms with Crippen molar-refractivity contribution in [2.75, 3.05) is 18.4 Å². The summed E-state index contributed by atoms with van der Waals surface area (Å²) in [6.45, 7) is 3.19. The fourth-order valence-corrected chi connectivity index (χ4v) is 4.21. The van der Waals surface area contributed by atoms with Crippen molar-refractivity contribution in [2.45, 2.75) is 31.8 Å². The Bertz CT molecular complexity index is 1010. The molecule has 29 heavy (non-hydrogen) atoms. The van der Waals surface area contributed by atoms with E-state index in [1.54, 1.807) is 34.6 Å². The van der Waals surface area contributed by atoms with Gasteiger partial charge in [0.1, 0.15) is 11.9 Å². The van der Waals surface area contributed by atoms with Gasteiger partial charge >= 0.3 is 6.03 Å². The molecule has 3 heterocycles. The van der Waals surface area contributed by atoms with Gasteiger partial charge in [0, 0.05) is 37.3 Å². The van der Waals surface area contributed by atoms with Gasteiger partial charge in [-0.25, -0.2) is 9.18 Å². The van der Waals surface area contributed by atoms with Crippen molar-refractivity contribution < 1.29 is 14.0 Å². The van der Waals surface area contributed by atoms with E-state index in [0.717, 1.165) is 12.1 Å². The molecular weight excluding hydrogens is 375 g/mol. The molecule has 2 bridgehead atoms. The van der Waals surface area contributed by atoms with E-state index in [1.807, 2.05) is 6.07 Å². The van der Waals surface area contributed by atoms with Crippen LogP contribution in [0.3, 0.4) is 0 Å². The number of anilines is 1. The largest absolute Gasteiger partial charge is 0.326 e. The van der Waals surface area contributed by atoms with Gasteiger partial charge in [-0.15, -0.1) is 0 Å². The topological polar surface area (TPSA) is 83.4 Å². The summed E-state index contributed by atoms with van der Waals surface area (Å²) in [4.78, 5) is 38.9. The number of fused-ring (bicyclic) bond motifs is 4. The van der Waals surface area contributed by atoms with Crippen LogP contribution in [0.2, 0.25) is 0 Å². The maximum atomic E-state index is 13.7. The second-order valence-corrected chi connectivity index (χ2v) is 7.74. The van der Waals surface area contributed by atoms with Crippen LogP contribution in [0.15, 0.2) is 47.3 Å². The minimum atomic E-state index is -0.821. The second-order valence-electron chi connectivity index (χ2n) is 7.74. The van der Waals surface area contributed by atoms with Crippen LogP contribution in [0.25, 0.3) is 0 Å². The number of nitrogens with zero attached hydrogens (tertiary/aromatic N) is 2. The van der Waals surface area contributed by atoms with E-state index < -0.39 is 17.8 Å². The van der Waals surface area contributed by atoms with Crippen molar-refractivity contribution >= 4 is 17.6 Å². The Labute approximate surface area is 167 Å². The molecule has 2 aromatic rings. The third-order valence-electron chi connectivity index (χ3n) is 5.63. The molecule has 0 spiro atoms. The Morgan fingerprint density at radius 3 is 2.69 bits per heavy atom. The molecule has 152 valence electrons. The van der Waals surface area contributed by atoms with E-state index >= 15 is 0 Å². The Balaban J connectivity index is 1.40. The highest BCUT2D eigenvalue weighted by Crippen LogP contribution is 2.34. The van der Waals surface area contributed by atoms with Crippen molar-refractivity contribution in [3.8, 4) is 0 Å². The average molecular weight is 398 g/mol. The number of rotatable bonds is 3. The number of hydrogen-bond donors (Lipinski definition) is 2. The minimum Gasteiger partial charge on any atom is -0.326 e. The third-order valence-corrected chi connectivity index (χ3v) is 5.63. The number of halogens is 1. The highest BCUT2D eigenvalue weighted by atomic mass is 19.1. The number of hydrogen-bond acceptors (Lipinski definition) is 3. The quantitative estimate of drug-likeness (QED) is 0.831. The lowest BCUT2D eigenvalue weighted by Gasteiger charge is -2.42. The van der Waals surface area contributed by atoms with Crippen LogP contribution >= 0.6 is 0 Å². The maximum absolute atomic E-state index is 13.7. The van der Waals surface area contributed by atoms with Crippen molar-refractivity contribution in [3.05, 3.63) is 64.3 Å². The van der Waals surface area contributed by atoms with Crippen molar-refractivity contribution in [1.82, 2.24) is 14.8 Å². The van der Waals surface area contributed by atoms with E-state index in [2.05, 4.69) is 10.6 Å². The van der Waals surface area contributed by atoms with E-state index in [9.17, 15) is 18.8 Å². The molecule has 0 radical (unpaired) electrons. The first-order chi connectivity index (χ1) is 13.9. The van der Waals surface area contributed by atoms with Gasteiger partial charge in [0.05, 0.1) is 5.69 Å². The van der Waals surface area contributed by atoms with E-state index in [1.165, 1.54) is 18.2 Å². The summed E-state index contributed by atoms with van der Waals surface area (Å²) >= 11 is 0. The zero-order chi connectivity index (χ0) is 20.5. The maximum Gasteiger partial charge on any atom is 0.318 e. The average Bonchev–Trinajstić information content (AvgIpc) is 2.70. The second kappa shape index (κ2) is 7.69. The number of carbonyl (C=O) groups is 2. The number of amides is 3. The molecule has 3 atom stereocenters. The summed E-state index contributed by atoms with van der Waals surface area (Å²) < 4.78 is 15.5. The molecule has 7 nitrogen and oxygen atoms in total. The summed E-state index contributed by atoms with van der Waals surface area (Å²) in [5.74, 6) is -0.714. The molecule has 8 heteroatoms. The van der Waals surface area contributed by atoms with Crippen LogP contribution < -0.4 is 16.2 Å². The number of nitrogens with one attached hydrogen (secondary N) is 2. The lowest BCUT2D eigenvalue weighted by Crippen LogP contribution is -2.54. The molecule has 1 fully saturated rings. The highest BCUT2D eigenvalue weighted by Gasteiger charge is 2.36. The number of likely N-dealkylation sites (tertiary alicyclic amines) is 1. The Hall–Kier alpha value is -3.16. The summed E-state index contributed by atoms with van der Waals surface area (Å²) in [5, 5.41) is 5.19. The molecule has 0 aliphatic carbocycles. The molecule has 2 aliphatic rings. The molecule has 0 saturated carbocycles. The lowest BCUT2D eigenvalue weighted by molar-refractivity contribution is -0.117. The lowest BCUT2D eigenvalue weighted by atomic mass is 9.83. The van der Waals surface area contributed by atoms with Gasteiger partial charge in [-0.1, -0.05) is 18.2 Å². The normalized spacial score (nSPS) is 21.1. The van der Waals surface area contributed by atoms with Gasteiger partial charge in [-0.3, -0.25) is 9.59 Å². The molecular formula is C21H23FN4O3. The first-order valence-corrected chi connectivity index (χ1v) is 9.73. The van der Waals surface area contributed by atoms with Crippen LogP contribution in [-0.2, 0) is 11.3 Å². The first kappa shape index (κ1) is 19.2. The first-order valence-electron chi connectivity index (χ1n) is 9.73. The van der Waals surface area contributed by atoms with Gasteiger partial charge in [0.25, 0.3) is 5.56 Å². The number of pyridine rings is 1. The van der Waals surface area contributed by atoms with Gasteiger partial charge in [-0.05, 0) is 37.5 Å². The van der Waals surface area contributed by atoms with Crippen LogP contribution in [0.4, 0.5) is 14.9 Å². The van der Waals surface area contributed by atoms with Gasteiger partial charge in [0.15, 0.2) is 0 Å². The standard InChI is InChI=1S/C21H23FN4O3/c1-13(20(28)24-17-6-3-2-5-16(17)22)23-21(29)25-10-14-9-15(12-25)18-7-4-8-19(27)26(18)11-14/h2-8,13-15H,9-12H2,1H3,(H,23,29)(H,24,28)/t13-,14-,15+/m0/s1. The molecule has 0 unspecified atom stereocenters. The Kier molecular flexibility index (Phi) is 5.08. The minimum absolute atomic E-state index is 0.00598. The zero-order valence-corrected chi connectivity index (χ0v) is 16.1. The fourth-order valence-electron chi connectivity index (χ4n) is 4.21. The molecule has 2 aliphatic heterocycles.